The Bertz CT molecular complexity index is 713. The number of anilines is 1. The highest BCUT2D eigenvalue weighted by molar-refractivity contribution is 6.12. The Morgan fingerprint density at radius 1 is 0.783 bits per heavy atom. The van der Waals surface area contributed by atoms with Crippen molar-refractivity contribution in [3.05, 3.63) is 42.0 Å². The van der Waals surface area contributed by atoms with Crippen LogP contribution in [0, 0.1) is 0 Å². The minimum absolute atomic E-state index is 0.222. The van der Waals surface area contributed by atoms with Crippen LogP contribution >= 0.6 is 0 Å². The predicted molar refractivity (Wildman–Crippen MR) is 95.1 cm³/mol. The van der Waals surface area contributed by atoms with Gasteiger partial charge in [-0.15, -0.1) is 0 Å². The smallest absolute Gasteiger partial charge is 0.256 e. The SMILES string of the molecule is O=C(c1c(N2CCCCC2)ccc2ccccc12)N1CCCC1. The Kier molecular flexibility index (Phi) is 3.94. The average molecular weight is 308 g/mol. The maximum atomic E-state index is 13.2. The summed E-state index contributed by atoms with van der Waals surface area (Å²) in [7, 11) is 0. The van der Waals surface area contributed by atoms with E-state index in [-0.39, 0.29) is 5.91 Å². The van der Waals surface area contributed by atoms with Gasteiger partial charge in [-0.1, -0.05) is 30.3 Å². The van der Waals surface area contributed by atoms with Gasteiger partial charge in [-0.05, 0) is 48.9 Å². The first-order valence-corrected chi connectivity index (χ1v) is 8.90. The Morgan fingerprint density at radius 3 is 2.26 bits per heavy atom. The minimum atomic E-state index is 0.222. The van der Waals surface area contributed by atoms with E-state index in [0.717, 1.165) is 61.0 Å². The van der Waals surface area contributed by atoms with Gasteiger partial charge in [0.2, 0.25) is 0 Å². The lowest BCUT2D eigenvalue weighted by molar-refractivity contribution is 0.0795. The van der Waals surface area contributed by atoms with Crippen molar-refractivity contribution in [2.75, 3.05) is 31.1 Å². The second-order valence-corrected chi connectivity index (χ2v) is 6.73. The standard InChI is InChI=1S/C20H24N2O/c23-20(22-14-6-7-15-22)19-17-9-3-2-8-16(17)10-11-18(19)21-12-4-1-5-13-21/h2-3,8-11H,1,4-7,12-15H2. The van der Waals surface area contributed by atoms with Gasteiger partial charge in [0.1, 0.15) is 0 Å². The van der Waals surface area contributed by atoms with Crippen molar-refractivity contribution in [3.8, 4) is 0 Å². The number of amides is 1. The maximum Gasteiger partial charge on any atom is 0.256 e. The fourth-order valence-corrected chi connectivity index (χ4v) is 3.96. The van der Waals surface area contributed by atoms with Gasteiger partial charge in [0, 0.05) is 26.2 Å². The van der Waals surface area contributed by atoms with Crippen molar-refractivity contribution in [1.82, 2.24) is 4.90 Å². The maximum absolute atomic E-state index is 13.2. The van der Waals surface area contributed by atoms with E-state index >= 15 is 0 Å². The fraction of sp³-hybridized carbons (Fsp3) is 0.450. The molecule has 0 N–H and O–H groups in total. The van der Waals surface area contributed by atoms with Gasteiger partial charge < -0.3 is 9.80 Å². The van der Waals surface area contributed by atoms with Crippen LogP contribution in [0.3, 0.4) is 0 Å². The quantitative estimate of drug-likeness (QED) is 0.835. The number of piperidine rings is 1. The normalized spacial score (nSPS) is 18.6. The second kappa shape index (κ2) is 6.23. The summed E-state index contributed by atoms with van der Waals surface area (Å²) in [5.74, 6) is 0.222. The number of benzene rings is 2. The van der Waals surface area contributed by atoms with Crippen LogP contribution in [0.1, 0.15) is 42.5 Å². The van der Waals surface area contributed by atoms with Gasteiger partial charge in [0.25, 0.3) is 5.91 Å². The zero-order valence-electron chi connectivity index (χ0n) is 13.6. The molecule has 0 atom stereocenters. The molecule has 2 saturated heterocycles. The van der Waals surface area contributed by atoms with Crippen LogP contribution in [0.5, 0.6) is 0 Å². The summed E-state index contributed by atoms with van der Waals surface area (Å²) in [5.41, 5.74) is 2.06. The molecule has 0 spiro atoms. The van der Waals surface area contributed by atoms with Crippen molar-refractivity contribution in [3.63, 3.8) is 0 Å². The number of hydrogen-bond acceptors (Lipinski definition) is 2. The molecule has 4 rings (SSSR count). The minimum Gasteiger partial charge on any atom is -0.371 e. The molecule has 3 nitrogen and oxygen atoms in total. The lowest BCUT2D eigenvalue weighted by atomic mass is 9.99. The van der Waals surface area contributed by atoms with Gasteiger partial charge in [-0.25, -0.2) is 0 Å². The summed E-state index contributed by atoms with van der Waals surface area (Å²) in [5, 5.41) is 2.27. The van der Waals surface area contributed by atoms with Gasteiger partial charge in [-0.2, -0.15) is 0 Å². The number of nitrogens with zero attached hydrogens (tertiary/aromatic N) is 2. The molecule has 0 radical (unpaired) electrons. The Balaban J connectivity index is 1.84. The van der Waals surface area contributed by atoms with Gasteiger partial charge in [-0.3, -0.25) is 4.79 Å². The first-order valence-electron chi connectivity index (χ1n) is 8.90. The molecule has 0 aliphatic carbocycles. The first-order chi connectivity index (χ1) is 11.3. The van der Waals surface area contributed by atoms with Crippen molar-refractivity contribution >= 4 is 22.4 Å². The zero-order valence-corrected chi connectivity index (χ0v) is 13.6. The topological polar surface area (TPSA) is 23.6 Å². The molecule has 23 heavy (non-hydrogen) atoms. The van der Waals surface area contributed by atoms with Gasteiger partial charge in [0.05, 0.1) is 11.3 Å². The number of carbonyl (C=O) groups is 1. The van der Waals surface area contributed by atoms with Crippen molar-refractivity contribution < 1.29 is 4.79 Å². The van der Waals surface area contributed by atoms with E-state index in [1.807, 2.05) is 17.0 Å². The molecule has 3 heteroatoms. The summed E-state index contributed by atoms with van der Waals surface area (Å²) >= 11 is 0. The van der Waals surface area contributed by atoms with E-state index in [1.165, 1.54) is 19.3 Å². The summed E-state index contributed by atoms with van der Waals surface area (Å²) in [6.45, 7) is 3.94. The number of fused-ring (bicyclic) bond motifs is 1. The van der Waals surface area contributed by atoms with Crippen LogP contribution in [0.15, 0.2) is 36.4 Å². The first kappa shape index (κ1) is 14.6. The van der Waals surface area contributed by atoms with E-state index in [4.69, 9.17) is 0 Å². The van der Waals surface area contributed by atoms with Gasteiger partial charge in [0.15, 0.2) is 0 Å². The number of hydrogen-bond donors (Lipinski definition) is 0. The lowest BCUT2D eigenvalue weighted by Gasteiger charge is -2.31. The molecule has 2 aliphatic rings. The summed E-state index contributed by atoms with van der Waals surface area (Å²) in [6.07, 6.45) is 6.03. The van der Waals surface area contributed by atoms with Crippen LogP contribution in [0.25, 0.3) is 10.8 Å². The molecule has 2 aromatic rings. The summed E-state index contributed by atoms with van der Waals surface area (Å²) in [4.78, 5) is 17.7. The number of likely N-dealkylation sites (tertiary alicyclic amines) is 1. The second-order valence-electron chi connectivity index (χ2n) is 6.73. The predicted octanol–water partition coefficient (Wildman–Crippen LogP) is 4.07. The molecule has 2 fully saturated rings. The molecule has 0 aromatic heterocycles. The average Bonchev–Trinajstić information content (AvgIpc) is 3.15. The van der Waals surface area contributed by atoms with Crippen LogP contribution in [-0.2, 0) is 0 Å². The zero-order chi connectivity index (χ0) is 15.6. The highest BCUT2D eigenvalue weighted by atomic mass is 16.2. The lowest BCUT2D eigenvalue weighted by Crippen LogP contribution is -2.34. The highest BCUT2D eigenvalue weighted by Crippen LogP contribution is 2.32. The molecule has 2 heterocycles. The van der Waals surface area contributed by atoms with Crippen LogP contribution in [0.4, 0.5) is 5.69 Å². The molecule has 0 saturated carbocycles. The van der Waals surface area contributed by atoms with E-state index < -0.39 is 0 Å². The van der Waals surface area contributed by atoms with E-state index in [0.29, 0.717) is 0 Å². The monoisotopic (exact) mass is 308 g/mol. The molecule has 2 aliphatic heterocycles. The van der Waals surface area contributed by atoms with Crippen LogP contribution in [0.2, 0.25) is 0 Å². The van der Waals surface area contributed by atoms with Crippen LogP contribution < -0.4 is 4.90 Å². The van der Waals surface area contributed by atoms with Crippen molar-refractivity contribution in [2.24, 2.45) is 0 Å². The molecule has 1 amide bonds. The van der Waals surface area contributed by atoms with E-state index in [2.05, 4.69) is 29.2 Å². The number of carbonyl (C=O) groups excluding carboxylic acids is 1. The fourth-order valence-electron chi connectivity index (χ4n) is 3.96. The molecule has 120 valence electrons. The third-order valence-corrected chi connectivity index (χ3v) is 5.21. The van der Waals surface area contributed by atoms with Gasteiger partial charge >= 0.3 is 0 Å². The van der Waals surface area contributed by atoms with E-state index in [1.54, 1.807) is 0 Å². The molecule has 2 aromatic carbocycles. The van der Waals surface area contributed by atoms with Crippen molar-refractivity contribution in [1.29, 1.82) is 0 Å². The van der Waals surface area contributed by atoms with E-state index in [9.17, 15) is 4.79 Å². The molecular weight excluding hydrogens is 284 g/mol. The number of rotatable bonds is 2. The largest absolute Gasteiger partial charge is 0.371 e. The summed E-state index contributed by atoms with van der Waals surface area (Å²) < 4.78 is 0. The Hall–Kier alpha value is -2.03. The highest BCUT2D eigenvalue weighted by Gasteiger charge is 2.26. The van der Waals surface area contributed by atoms with Crippen LogP contribution in [-0.4, -0.2) is 37.0 Å². The Morgan fingerprint density at radius 2 is 1.48 bits per heavy atom. The molecule has 0 bridgehead atoms. The summed E-state index contributed by atoms with van der Waals surface area (Å²) in [6, 6.07) is 12.6. The molecule has 0 unspecified atom stereocenters. The third-order valence-electron chi connectivity index (χ3n) is 5.21. The van der Waals surface area contributed by atoms with Crippen molar-refractivity contribution in [2.45, 2.75) is 32.1 Å². The Labute approximate surface area is 137 Å². The molecular formula is C20H24N2O. The third kappa shape index (κ3) is 2.69.